The zero-order valence-corrected chi connectivity index (χ0v) is 10.7. The molecule has 96 valence electrons. The zero-order chi connectivity index (χ0) is 13.2. The third kappa shape index (κ3) is 2.18. The normalized spacial score (nSPS) is 10.8. The summed E-state index contributed by atoms with van der Waals surface area (Å²) in [6.45, 7) is 2.35. The van der Waals surface area contributed by atoms with Gasteiger partial charge >= 0.3 is 0 Å². The van der Waals surface area contributed by atoms with Crippen molar-refractivity contribution in [2.24, 2.45) is 5.73 Å². The van der Waals surface area contributed by atoms with Crippen molar-refractivity contribution in [3.8, 4) is 17.1 Å². The minimum Gasteiger partial charge on any atom is -0.460 e. The first kappa shape index (κ1) is 11.7. The molecule has 0 bridgehead atoms. The van der Waals surface area contributed by atoms with Crippen LogP contribution in [0.15, 0.2) is 53.1 Å². The van der Waals surface area contributed by atoms with E-state index < -0.39 is 0 Å². The molecule has 2 heterocycles. The van der Waals surface area contributed by atoms with E-state index >= 15 is 0 Å². The predicted molar refractivity (Wildman–Crippen MR) is 73.9 cm³/mol. The van der Waals surface area contributed by atoms with Crippen LogP contribution in [-0.2, 0) is 6.54 Å². The molecule has 3 aromatic rings. The molecule has 0 fully saturated rings. The number of hydrogen-bond acceptors (Lipinski definition) is 3. The number of nitrogens with zero attached hydrogens (tertiary/aromatic N) is 2. The van der Waals surface area contributed by atoms with Crippen molar-refractivity contribution < 1.29 is 4.42 Å². The molecular weight excluding hydrogens is 238 g/mol. The van der Waals surface area contributed by atoms with E-state index in [-0.39, 0.29) is 0 Å². The molecule has 2 N–H and O–H groups in total. The highest BCUT2D eigenvalue weighted by atomic mass is 16.3. The molecule has 0 atom stereocenters. The second-order valence-electron chi connectivity index (χ2n) is 4.40. The Hall–Kier alpha value is -2.33. The topological polar surface area (TPSA) is 57.0 Å². The molecule has 4 heteroatoms. The van der Waals surface area contributed by atoms with Gasteiger partial charge in [0.05, 0.1) is 5.69 Å². The second kappa shape index (κ2) is 4.74. The maximum Gasteiger partial charge on any atom is 0.154 e. The predicted octanol–water partition coefficient (Wildman–Crippen LogP) is 2.90. The van der Waals surface area contributed by atoms with E-state index in [0.717, 1.165) is 28.5 Å². The Morgan fingerprint density at radius 1 is 1.16 bits per heavy atom. The minimum atomic E-state index is 0.432. The van der Waals surface area contributed by atoms with E-state index in [0.29, 0.717) is 6.54 Å². The second-order valence-corrected chi connectivity index (χ2v) is 4.40. The van der Waals surface area contributed by atoms with E-state index in [1.807, 2.05) is 60.3 Å². The number of rotatable bonds is 3. The zero-order valence-electron chi connectivity index (χ0n) is 10.7. The van der Waals surface area contributed by atoms with Crippen molar-refractivity contribution >= 4 is 0 Å². The monoisotopic (exact) mass is 253 g/mol. The fourth-order valence-electron chi connectivity index (χ4n) is 2.04. The van der Waals surface area contributed by atoms with E-state index in [1.165, 1.54) is 0 Å². The highest BCUT2D eigenvalue weighted by Crippen LogP contribution is 2.25. The molecule has 19 heavy (non-hydrogen) atoms. The largest absolute Gasteiger partial charge is 0.460 e. The lowest BCUT2D eigenvalue weighted by Crippen LogP contribution is -1.96. The van der Waals surface area contributed by atoms with Crippen molar-refractivity contribution in [2.45, 2.75) is 13.5 Å². The van der Waals surface area contributed by atoms with Crippen LogP contribution in [0, 0.1) is 6.92 Å². The van der Waals surface area contributed by atoms with Gasteiger partial charge in [-0.05, 0) is 31.2 Å². The average Bonchev–Trinajstić information content (AvgIpc) is 3.05. The summed E-state index contributed by atoms with van der Waals surface area (Å²) in [7, 11) is 0. The molecule has 1 aromatic carbocycles. The van der Waals surface area contributed by atoms with Crippen LogP contribution in [0.5, 0.6) is 0 Å². The van der Waals surface area contributed by atoms with Crippen LogP contribution >= 0.6 is 0 Å². The van der Waals surface area contributed by atoms with Crippen molar-refractivity contribution in [3.05, 3.63) is 60.0 Å². The van der Waals surface area contributed by atoms with Crippen LogP contribution in [0.1, 0.15) is 11.3 Å². The first-order valence-electron chi connectivity index (χ1n) is 6.19. The molecule has 0 radical (unpaired) electrons. The van der Waals surface area contributed by atoms with Gasteiger partial charge in [0, 0.05) is 18.3 Å². The Labute approximate surface area is 111 Å². The van der Waals surface area contributed by atoms with E-state index in [2.05, 4.69) is 5.10 Å². The average molecular weight is 253 g/mol. The standard InChI is InChI=1S/C15H15N3O/c1-11-7-8-14(19-11)15-12(9-16)10-18(17-15)13-5-3-2-4-6-13/h2-8,10H,9,16H2,1H3. The Bertz CT molecular complexity index is 682. The minimum absolute atomic E-state index is 0.432. The van der Waals surface area contributed by atoms with Gasteiger partial charge in [-0.2, -0.15) is 5.10 Å². The fourth-order valence-corrected chi connectivity index (χ4v) is 2.04. The third-order valence-corrected chi connectivity index (χ3v) is 3.00. The Morgan fingerprint density at radius 3 is 2.58 bits per heavy atom. The number of furan rings is 1. The first-order chi connectivity index (χ1) is 9.28. The molecule has 4 nitrogen and oxygen atoms in total. The van der Waals surface area contributed by atoms with Crippen LogP contribution in [-0.4, -0.2) is 9.78 Å². The van der Waals surface area contributed by atoms with Crippen molar-refractivity contribution in [2.75, 3.05) is 0 Å². The van der Waals surface area contributed by atoms with Gasteiger partial charge < -0.3 is 10.2 Å². The van der Waals surface area contributed by atoms with E-state index in [9.17, 15) is 0 Å². The number of aryl methyl sites for hydroxylation is 1. The highest BCUT2D eigenvalue weighted by molar-refractivity contribution is 5.57. The summed E-state index contributed by atoms with van der Waals surface area (Å²) in [6.07, 6.45) is 1.95. The number of nitrogens with two attached hydrogens (primary N) is 1. The number of benzene rings is 1. The molecule has 2 aromatic heterocycles. The van der Waals surface area contributed by atoms with Gasteiger partial charge in [0.25, 0.3) is 0 Å². The van der Waals surface area contributed by atoms with Gasteiger partial charge in [-0.1, -0.05) is 18.2 Å². The molecule has 0 aliphatic rings. The van der Waals surface area contributed by atoms with Gasteiger partial charge in [0.2, 0.25) is 0 Å². The summed E-state index contributed by atoms with van der Waals surface area (Å²) >= 11 is 0. The SMILES string of the molecule is Cc1ccc(-c2nn(-c3ccccc3)cc2CN)o1. The van der Waals surface area contributed by atoms with Gasteiger partial charge in [-0.25, -0.2) is 4.68 Å². The van der Waals surface area contributed by atoms with E-state index in [4.69, 9.17) is 10.2 Å². The van der Waals surface area contributed by atoms with Crippen LogP contribution in [0.4, 0.5) is 0 Å². The molecule has 0 unspecified atom stereocenters. The molecule has 0 saturated heterocycles. The Balaban J connectivity index is 2.09. The molecule has 0 aliphatic heterocycles. The molecule has 0 aliphatic carbocycles. The lowest BCUT2D eigenvalue weighted by atomic mass is 10.2. The van der Waals surface area contributed by atoms with Crippen LogP contribution < -0.4 is 5.73 Å². The summed E-state index contributed by atoms with van der Waals surface area (Å²) in [4.78, 5) is 0. The van der Waals surface area contributed by atoms with Gasteiger partial charge in [0.15, 0.2) is 5.76 Å². The van der Waals surface area contributed by atoms with Gasteiger partial charge in [0.1, 0.15) is 11.5 Å². The summed E-state index contributed by atoms with van der Waals surface area (Å²) in [5.74, 6) is 1.62. The molecule has 0 amide bonds. The van der Waals surface area contributed by atoms with Gasteiger partial charge in [-0.3, -0.25) is 0 Å². The fraction of sp³-hybridized carbons (Fsp3) is 0.133. The van der Waals surface area contributed by atoms with Crippen LogP contribution in [0.2, 0.25) is 0 Å². The molecule has 0 spiro atoms. The van der Waals surface area contributed by atoms with Gasteiger partial charge in [-0.15, -0.1) is 0 Å². The summed E-state index contributed by atoms with van der Waals surface area (Å²) in [6, 6.07) is 13.8. The number of para-hydroxylation sites is 1. The maximum absolute atomic E-state index is 5.79. The lowest BCUT2D eigenvalue weighted by molar-refractivity contribution is 0.545. The van der Waals surface area contributed by atoms with Crippen molar-refractivity contribution in [1.82, 2.24) is 9.78 Å². The van der Waals surface area contributed by atoms with Crippen molar-refractivity contribution in [1.29, 1.82) is 0 Å². The summed E-state index contributed by atoms with van der Waals surface area (Å²) in [5.41, 5.74) is 8.57. The quantitative estimate of drug-likeness (QED) is 0.780. The lowest BCUT2D eigenvalue weighted by Gasteiger charge is -1.99. The van der Waals surface area contributed by atoms with Crippen LogP contribution in [0.25, 0.3) is 17.1 Å². The summed E-state index contributed by atoms with van der Waals surface area (Å²) < 4.78 is 7.46. The number of hydrogen-bond donors (Lipinski definition) is 1. The van der Waals surface area contributed by atoms with Crippen LogP contribution in [0.3, 0.4) is 0 Å². The van der Waals surface area contributed by atoms with E-state index in [1.54, 1.807) is 0 Å². The Morgan fingerprint density at radius 2 is 1.95 bits per heavy atom. The smallest absolute Gasteiger partial charge is 0.154 e. The summed E-state index contributed by atoms with van der Waals surface area (Å²) in [5, 5.41) is 4.58. The third-order valence-electron chi connectivity index (χ3n) is 3.00. The van der Waals surface area contributed by atoms with Crippen molar-refractivity contribution in [3.63, 3.8) is 0 Å². The first-order valence-corrected chi connectivity index (χ1v) is 6.19. The highest BCUT2D eigenvalue weighted by Gasteiger charge is 2.13. The maximum atomic E-state index is 5.79. The Kier molecular flexibility index (Phi) is 2.93. The molecular formula is C15H15N3O. The molecule has 3 rings (SSSR count). The number of aromatic nitrogens is 2. The molecule has 0 saturated carbocycles.